The normalized spacial score (nSPS) is 11.5. The second-order valence-electron chi connectivity index (χ2n) is 7.38. The molecule has 0 aliphatic rings. The summed E-state index contributed by atoms with van der Waals surface area (Å²) in [4.78, 5) is 0. The van der Waals surface area contributed by atoms with Crippen molar-refractivity contribution in [3.05, 3.63) is 121 Å². The molecule has 0 aliphatic heterocycles. The molecular formula is C28H28ClP2Rh-. The zero-order valence-corrected chi connectivity index (χ0v) is 22.3. The van der Waals surface area contributed by atoms with Gasteiger partial charge in [-0.1, -0.05) is 128 Å². The molecule has 0 aromatic heterocycles. The van der Waals surface area contributed by atoms with Crippen molar-refractivity contribution in [1.29, 1.82) is 0 Å². The molecule has 0 heterocycles. The average molecular weight is 565 g/mol. The van der Waals surface area contributed by atoms with E-state index in [0.717, 1.165) is 0 Å². The van der Waals surface area contributed by atoms with Gasteiger partial charge in [0, 0.05) is 19.5 Å². The van der Waals surface area contributed by atoms with Gasteiger partial charge in [0.25, 0.3) is 0 Å². The molecule has 0 spiro atoms. The van der Waals surface area contributed by atoms with E-state index in [9.17, 15) is 0 Å². The maximum atomic E-state index is 2.37. The molecule has 0 aliphatic carbocycles. The number of benzene rings is 4. The van der Waals surface area contributed by atoms with Gasteiger partial charge in [0.1, 0.15) is 0 Å². The molecule has 0 fully saturated rings. The Bertz CT molecular complexity index is 935. The smallest absolute Gasteiger partial charge is 0 e. The van der Waals surface area contributed by atoms with Gasteiger partial charge in [0.15, 0.2) is 0 Å². The monoisotopic (exact) mass is 564 g/mol. The van der Waals surface area contributed by atoms with Gasteiger partial charge < -0.3 is 12.4 Å². The Hall–Kier alpha value is -1.35. The van der Waals surface area contributed by atoms with E-state index in [1.807, 2.05) is 0 Å². The molecule has 0 amide bonds. The van der Waals surface area contributed by atoms with Crippen molar-refractivity contribution in [2.75, 3.05) is 6.16 Å². The summed E-state index contributed by atoms with van der Waals surface area (Å²) in [7, 11) is -0.804. The van der Waals surface area contributed by atoms with Crippen LogP contribution in [0.2, 0.25) is 0 Å². The Labute approximate surface area is 214 Å². The van der Waals surface area contributed by atoms with E-state index >= 15 is 0 Å². The molecule has 167 valence electrons. The maximum absolute atomic E-state index is 2.37. The van der Waals surface area contributed by atoms with Gasteiger partial charge in [0.2, 0.25) is 0 Å². The fourth-order valence-corrected chi connectivity index (χ4v) is 10.0. The Morgan fingerprint density at radius 3 is 1.16 bits per heavy atom. The van der Waals surface area contributed by atoms with Crippen LogP contribution in [0.25, 0.3) is 0 Å². The molecule has 1 unspecified atom stereocenters. The fourth-order valence-electron chi connectivity index (χ4n) is 3.93. The third-order valence-electron chi connectivity index (χ3n) is 5.43. The van der Waals surface area contributed by atoms with Crippen LogP contribution in [0.15, 0.2) is 121 Å². The summed E-state index contributed by atoms with van der Waals surface area (Å²) >= 11 is 0. The topological polar surface area (TPSA) is 0 Å². The molecule has 1 radical (unpaired) electrons. The van der Waals surface area contributed by atoms with E-state index in [1.165, 1.54) is 33.8 Å². The molecule has 4 aromatic carbocycles. The second-order valence-corrected chi connectivity index (χ2v) is 12.1. The second kappa shape index (κ2) is 14.0. The molecule has 4 aromatic rings. The molecule has 32 heavy (non-hydrogen) atoms. The van der Waals surface area contributed by atoms with Crippen molar-refractivity contribution in [1.82, 2.24) is 0 Å². The molecule has 0 bridgehead atoms. The molecule has 4 rings (SSSR count). The number of hydrogen-bond donors (Lipinski definition) is 0. The van der Waals surface area contributed by atoms with E-state index < -0.39 is 15.8 Å². The summed E-state index contributed by atoms with van der Waals surface area (Å²) in [5.74, 6) is 0. The number of rotatable bonds is 8. The summed E-state index contributed by atoms with van der Waals surface area (Å²) in [6.45, 7) is 2.37. The van der Waals surface area contributed by atoms with Crippen LogP contribution in [0.1, 0.15) is 13.3 Å². The zero-order chi connectivity index (χ0) is 20.6. The van der Waals surface area contributed by atoms with Crippen LogP contribution in [-0.2, 0) is 19.5 Å². The van der Waals surface area contributed by atoms with Gasteiger partial charge in [-0.3, -0.25) is 0 Å². The minimum absolute atomic E-state index is 0. The van der Waals surface area contributed by atoms with E-state index in [4.69, 9.17) is 0 Å². The van der Waals surface area contributed by atoms with Gasteiger partial charge >= 0.3 is 0 Å². The number of halogens is 1. The molecule has 0 N–H and O–H groups in total. The predicted octanol–water partition coefficient (Wildman–Crippen LogP) is 3.03. The number of hydrogen-bond acceptors (Lipinski definition) is 0. The molecule has 0 saturated heterocycles. The average Bonchev–Trinajstić information content (AvgIpc) is 2.84. The Kier molecular flexibility index (Phi) is 11.8. The van der Waals surface area contributed by atoms with Crippen molar-refractivity contribution in [3.63, 3.8) is 0 Å². The molecule has 4 heteroatoms. The standard InChI is InChI=1S/C28H28P2.ClH.Rh/c1-2-24(30(27-19-11-5-12-20-27)28-21-13-6-14-22-28)23-29(25-15-7-3-8-16-25)26-17-9-4-10-18-26;;/h3-22,24H,2,23H2,1H3;1H;/p-1. The minimum atomic E-state index is -0.411. The SMILES string of the molecule is CCC(CP(c1ccccc1)c1ccccc1)P(c1ccccc1)c1ccccc1.[Cl-].[Rh]. The zero-order valence-electron chi connectivity index (χ0n) is 18.1. The van der Waals surface area contributed by atoms with Crippen molar-refractivity contribution in [3.8, 4) is 0 Å². The summed E-state index contributed by atoms with van der Waals surface area (Å²) in [5, 5.41) is 5.93. The minimum Gasteiger partial charge on any atom is -1.00 e. The van der Waals surface area contributed by atoms with Crippen LogP contribution in [0.4, 0.5) is 0 Å². The fraction of sp³-hybridized carbons (Fsp3) is 0.143. The summed E-state index contributed by atoms with van der Waals surface area (Å²) in [5.41, 5.74) is 0.635. The van der Waals surface area contributed by atoms with Crippen LogP contribution in [-0.4, -0.2) is 11.8 Å². The van der Waals surface area contributed by atoms with Crippen molar-refractivity contribution >= 4 is 37.1 Å². The Balaban J connectivity index is 0.00000181. The maximum Gasteiger partial charge on any atom is 0 e. The summed E-state index contributed by atoms with van der Waals surface area (Å²) in [6.07, 6.45) is 2.41. The van der Waals surface area contributed by atoms with Gasteiger partial charge in [-0.15, -0.1) is 0 Å². The largest absolute Gasteiger partial charge is 1.00 e. The van der Waals surface area contributed by atoms with E-state index in [-0.39, 0.29) is 31.9 Å². The molecular weight excluding hydrogens is 537 g/mol. The van der Waals surface area contributed by atoms with Crippen molar-refractivity contribution in [2.45, 2.75) is 19.0 Å². The van der Waals surface area contributed by atoms with Crippen LogP contribution in [0, 0.1) is 0 Å². The van der Waals surface area contributed by atoms with Crippen LogP contribution in [0.3, 0.4) is 0 Å². The van der Waals surface area contributed by atoms with Crippen molar-refractivity contribution in [2.24, 2.45) is 0 Å². The van der Waals surface area contributed by atoms with Crippen LogP contribution in [0.5, 0.6) is 0 Å². The van der Waals surface area contributed by atoms with E-state index in [1.54, 1.807) is 0 Å². The Morgan fingerprint density at radius 1 is 0.531 bits per heavy atom. The summed E-state index contributed by atoms with van der Waals surface area (Å²) in [6, 6.07) is 44.6. The third-order valence-corrected chi connectivity index (χ3v) is 11.4. The van der Waals surface area contributed by atoms with Gasteiger partial charge in [-0.05, 0) is 55.3 Å². The van der Waals surface area contributed by atoms with Crippen LogP contribution >= 0.6 is 15.8 Å². The quantitative estimate of drug-likeness (QED) is 0.228. The predicted molar refractivity (Wildman–Crippen MR) is 137 cm³/mol. The first-order chi connectivity index (χ1) is 14.9. The van der Waals surface area contributed by atoms with E-state index in [2.05, 4.69) is 128 Å². The molecule has 0 nitrogen and oxygen atoms in total. The van der Waals surface area contributed by atoms with Gasteiger partial charge in [-0.25, -0.2) is 0 Å². The van der Waals surface area contributed by atoms with Crippen molar-refractivity contribution < 1.29 is 31.9 Å². The van der Waals surface area contributed by atoms with E-state index in [0.29, 0.717) is 5.66 Å². The first kappa shape index (κ1) is 26.9. The Morgan fingerprint density at radius 2 is 0.844 bits per heavy atom. The van der Waals surface area contributed by atoms with Crippen LogP contribution < -0.4 is 33.6 Å². The van der Waals surface area contributed by atoms with Gasteiger partial charge in [-0.2, -0.15) is 0 Å². The molecule has 1 atom stereocenters. The molecule has 0 saturated carbocycles. The third kappa shape index (κ3) is 6.83. The first-order valence-corrected chi connectivity index (χ1v) is 13.6. The summed E-state index contributed by atoms with van der Waals surface area (Å²) < 4.78 is 0. The van der Waals surface area contributed by atoms with Gasteiger partial charge in [0.05, 0.1) is 0 Å². The first-order valence-electron chi connectivity index (χ1n) is 10.6.